The van der Waals surface area contributed by atoms with Gasteiger partial charge < -0.3 is 10.0 Å². The van der Waals surface area contributed by atoms with Gasteiger partial charge in [-0.25, -0.2) is 9.37 Å². The molecule has 0 amide bonds. The fraction of sp³-hybridized carbons (Fsp3) is 0.400. The van der Waals surface area contributed by atoms with E-state index in [1.165, 1.54) is 12.1 Å². The lowest BCUT2D eigenvalue weighted by Crippen LogP contribution is -2.36. The van der Waals surface area contributed by atoms with E-state index >= 15 is 0 Å². The molecule has 1 aromatic rings. The first-order valence-corrected chi connectivity index (χ1v) is 4.60. The number of hydrogen-bond acceptors (Lipinski definition) is 3. The predicted octanol–water partition coefficient (Wildman–Crippen LogP) is 1.52. The summed E-state index contributed by atoms with van der Waals surface area (Å²) in [5, 5.41) is 8.71. The third kappa shape index (κ3) is 3.19. The maximum Gasteiger partial charge on any atom is 0.323 e. The van der Waals surface area contributed by atoms with Gasteiger partial charge >= 0.3 is 5.97 Å². The maximum absolute atomic E-state index is 12.6. The Morgan fingerprint density at radius 3 is 2.67 bits per heavy atom. The van der Waals surface area contributed by atoms with Crippen molar-refractivity contribution < 1.29 is 14.3 Å². The second-order valence-electron chi connectivity index (χ2n) is 3.45. The number of halogens is 1. The summed E-state index contributed by atoms with van der Waals surface area (Å²) in [6, 6.07) is 2.73. The van der Waals surface area contributed by atoms with Crippen molar-refractivity contribution >= 4 is 11.8 Å². The Morgan fingerprint density at radius 2 is 2.27 bits per heavy atom. The smallest absolute Gasteiger partial charge is 0.323 e. The van der Waals surface area contributed by atoms with E-state index in [-0.39, 0.29) is 12.6 Å². The Morgan fingerprint density at radius 1 is 1.60 bits per heavy atom. The van der Waals surface area contributed by atoms with Crippen molar-refractivity contribution in [1.82, 2.24) is 4.98 Å². The molecular weight excluding hydrogens is 199 g/mol. The fourth-order valence-corrected chi connectivity index (χ4v) is 1.21. The summed E-state index contributed by atoms with van der Waals surface area (Å²) < 4.78 is 12.6. The van der Waals surface area contributed by atoms with Crippen LogP contribution >= 0.6 is 0 Å². The Bertz CT molecular complexity index is 338. The van der Waals surface area contributed by atoms with Gasteiger partial charge in [-0.05, 0) is 26.0 Å². The quantitative estimate of drug-likeness (QED) is 0.822. The summed E-state index contributed by atoms with van der Waals surface area (Å²) in [6.45, 7) is 3.57. The van der Waals surface area contributed by atoms with E-state index in [0.717, 1.165) is 6.20 Å². The van der Waals surface area contributed by atoms with E-state index in [0.29, 0.717) is 5.82 Å². The first-order chi connectivity index (χ1) is 7.00. The average Bonchev–Trinajstić information content (AvgIpc) is 2.15. The number of nitrogens with zero attached hydrogens (tertiary/aromatic N) is 2. The van der Waals surface area contributed by atoms with Crippen LogP contribution in [0.25, 0.3) is 0 Å². The van der Waals surface area contributed by atoms with Gasteiger partial charge in [0.1, 0.15) is 18.2 Å². The molecule has 0 aliphatic heterocycles. The number of rotatable bonds is 4. The molecule has 1 heterocycles. The van der Waals surface area contributed by atoms with E-state index in [1.54, 1.807) is 4.90 Å². The number of aromatic nitrogens is 1. The summed E-state index contributed by atoms with van der Waals surface area (Å²) in [5.41, 5.74) is 0. The first-order valence-electron chi connectivity index (χ1n) is 4.60. The second-order valence-corrected chi connectivity index (χ2v) is 3.45. The Labute approximate surface area is 87.4 Å². The van der Waals surface area contributed by atoms with Crippen LogP contribution in [0.5, 0.6) is 0 Å². The number of anilines is 1. The second kappa shape index (κ2) is 4.72. The molecule has 1 aromatic heterocycles. The van der Waals surface area contributed by atoms with Gasteiger partial charge in [0.05, 0.1) is 6.20 Å². The summed E-state index contributed by atoms with van der Waals surface area (Å²) in [6.07, 6.45) is 1.08. The normalized spacial score (nSPS) is 10.4. The van der Waals surface area contributed by atoms with Gasteiger partial charge in [0, 0.05) is 6.04 Å². The van der Waals surface area contributed by atoms with Crippen LogP contribution in [0, 0.1) is 5.82 Å². The van der Waals surface area contributed by atoms with E-state index in [9.17, 15) is 9.18 Å². The summed E-state index contributed by atoms with van der Waals surface area (Å²) in [7, 11) is 0. The highest BCUT2D eigenvalue weighted by Crippen LogP contribution is 2.13. The monoisotopic (exact) mass is 212 g/mol. The van der Waals surface area contributed by atoms with Crippen LogP contribution in [-0.2, 0) is 4.79 Å². The molecule has 0 aromatic carbocycles. The Balaban J connectivity index is 2.88. The molecule has 5 heteroatoms. The lowest BCUT2D eigenvalue weighted by atomic mass is 10.3. The molecule has 0 unspecified atom stereocenters. The van der Waals surface area contributed by atoms with Gasteiger partial charge in [-0.3, -0.25) is 4.79 Å². The van der Waals surface area contributed by atoms with Crippen LogP contribution in [0.4, 0.5) is 10.2 Å². The van der Waals surface area contributed by atoms with E-state index in [1.807, 2.05) is 13.8 Å². The van der Waals surface area contributed by atoms with Crippen LogP contribution in [0.15, 0.2) is 18.3 Å². The van der Waals surface area contributed by atoms with Crippen LogP contribution in [0.3, 0.4) is 0 Å². The zero-order valence-corrected chi connectivity index (χ0v) is 8.64. The van der Waals surface area contributed by atoms with Crippen LogP contribution < -0.4 is 4.90 Å². The molecule has 82 valence electrons. The molecule has 0 saturated heterocycles. The maximum atomic E-state index is 12.6. The molecule has 0 radical (unpaired) electrons. The first kappa shape index (κ1) is 11.4. The number of carboxylic acids is 1. The third-order valence-electron chi connectivity index (χ3n) is 1.93. The molecule has 0 atom stereocenters. The number of aliphatic carboxylic acids is 1. The molecule has 0 saturated carbocycles. The SMILES string of the molecule is CC(C)N(CC(=O)O)c1ccc(F)cn1. The van der Waals surface area contributed by atoms with Crippen LogP contribution in [0.1, 0.15) is 13.8 Å². The third-order valence-corrected chi connectivity index (χ3v) is 1.93. The Hall–Kier alpha value is -1.65. The van der Waals surface area contributed by atoms with Gasteiger partial charge in [0.2, 0.25) is 0 Å². The Kier molecular flexibility index (Phi) is 3.60. The molecular formula is C10H13FN2O2. The van der Waals surface area contributed by atoms with Crippen molar-refractivity contribution in [3.05, 3.63) is 24.1 Å². The largest absolute Gasteiger partial charge is 0.480 e. The molecule has 0 aliphatic carbocycles. The van der Waals surface area contributed by atoms with Crippen molar-refractivity contribution in [3.63, 3.8) is 0 Å². The molecule has 0 spiro atoms. The fourth-order valence-electron chi connectivity index (χ4n) is 1.21. The predicted molar refractivity (Wildman–Crippen MR) is 54.3 cm³/mol. The number of carbonyl (C=O) groups is 1. The highest BCUT2D eigenvalue weighted by atomic mass is 19.1. The zero-order valence-electron chi connectivity index (χ0n) is 8.64. The molecule has 0 bridgehead atoms. The van der Waals surface area contributed by atoms with Gasteiger partial charge in [0.25, 0.3) is 0 Å². The minimum Gasteiger partial charge on any atom is -0.480 e. The highest BCUT2D eigenvalue weighted by Gasteiger charge is 2.14. The van der Waals surface area contributed by atoms with Gasteiger partial charge in [0.15, 0.2) is 0 Å². The molecule has 1 N–H and O–H groups in total. The average molecular weight is 212 g/mol. The van der Waals surface area contributed by atoms with Gasteiger partial charge in [-0.2, -0.15) is 0 Å². The minimum atomic E-state index is -0.935. The standard InChI is InChI=1S/C10H13FN2O2/c1-7(2)13(6-10(14)15)9-4-3-8(11)5-12-9/h3-5,7H,6H2,1-2H3,(H,14,15). The van der Waals surface area contributed by atoms with Crippen molar-refractivity contribution in [1.29, 1.82) is 0 Å². The lowest BCUT2D eigenvalue weighted by molar-refractivity contribution is -0.135. The van der Waals surface area contributed by atoms with Crippen molar-refractivity contribution in [2.75, 3.05) is 11.4 Å². The van der Waals surface area contributed by atoms with Gasteiger partial charge in [-0.15, -0.1) is 0 Å². The van der Waals surface area contributed by atoms with Crippen molar-refractivity contribution in [2.45, 2.75) is 19.9 Å². The van der Waals surface area contributed by atoms with E-state index < -0.39 is 11.8 Å². The van der Waals surface area contributed by atoms with E-state index in [4.69, 9.17) is 5.11 Å². The van der Waals surface area contributed by atoms with Crippen LogP contribution in [0.2, 0.25) is 0 Å². The summed E-state index contributed by atoms with van der Waals surface area (Å²) in [5.74, 6) is -0.901. The highest BCUT2D eigenvalue weighted by molar-refractivity contribution is 5.73. The number of carboxylic acid groups (broad SMARTS) is 1. The van der Waals surface area contributed by atoms with Crippen LogP contribution in [-0.4, -0.2) is 28.6 Å². The van der Waals surface area contributed by atoms with Gasteiger partial charge in [-0.1, -0.05) is 0 Å². The molecule has 15 heavy (non-hydrogen) atoms. The van der Waals surface area contributed by atoms with Crippen molar-refractivity contribution in [2.24, 2.45) is 0 Å². The zero-order chi connectivity index (χ0) is 11.4. The summed E-state index contributed by atoms with van der Waals surface area (Å²) in [4.78, 5) is 16.0. The van der Waals surface area contributed by atoms with Crippen molar-refractivity contribution in [3.8, 4) is 0 Å². The number of hydrogen-bond donors (Lipinski definition) is 1. The van der Waals surface area contributed by atoms with E-state index in [2.05, 4.69) is 4.98 Å². The molecule has 0 aliphatic rings. The summed E-state index contributed by atoms with van der Waals surface area (Å²) >= 11 is 0. The minimum absolute atomic E-state index is 0.000869. The molecule has 1 rings (SSSR count). The topological polar surface area (TPSA) is 53.4 Å². The molecule has 0 fully saturated rings. The number of pyridine rings is 1. The molecule has 4 nitrogen and oxygen atoms in total. The lowest BCUT2D eigenvalue weighted by Gasteiger charge is -2.25.